The molecule has 3 aromatic heterocycles. The van der Waals surface area contributed by atoms with Gasteiger partial charge in [0.1, 0.15) is 17.2 Å². The summed E-state index contributed by atoms with van der Waals surface area (Å²) in [6, 6.07) is 8.48. The molecule has 3 heterocycles. The molecule has 1 amide bonds. The molecule has 0 fully saturated rings. The van der Waals surface area contributed by atoms with Crippen LogP contribution < -0.4 is 11.1 Å². The number of nitrogens with one attached hydrogen (secondary N) is 1. The first-order valence-corrected chi connectivity index (χ1v) is 7.84. The normalized spacial score (nSPS) is 10.9. The first kappa shape index (κ1) is 16.6. The molecule has 1 aromatic carbocycles. The molecule has 9 heteroatoms. The number of rotatable bonds is 3. The van der Waals surface area contributed by atoms with E-state index in [1.807, 2.05) is 0 Å². The van der Waals surface area contributed by atoms with Crippen LogP contribution in [-0.4, -0.2) is 25.3 Å². The summed E-state index contributed by atoms with van der Waals surface area (Å²) in [4.78, 5) is 24.0. The third kappa shape index (κ3) is 3.17. The maximum atomic E-state index is 14.1. The van der Waals surface area contributed by atoms with E-state index in [0.717, 1.165) is 6.20 Å². The summed E-state index contributed by atoms with van der Waals surface area (Å²) in [6.45, 7) is 0. The lowest BCUT2D eigenvalue weighted by Crippen LogP contribution is -2.12. The first-order valence-electron chi connectivity index (χ1n) is 7.84. The molecule has 0 spiro atoms. The van der Waals surface area contributed by atoms with Gasteiger partial charge in [-0.05, 0) is 36.4 Å². The van der Waals surface area contributed by atoms with Gasteiger partial charge in [-0.1, -0.05) is 0 Å². The average Bonchev–Trinajstić information content (AvgIpc) is 3.07. The second-order valence-electron chi connectivity index (χ2n) is 5.68. The van der Waals surface area contributed by atoms with E-state index in [2.05, 4.69) is 20.3 Å². The van der Waals surface area contributed by atoms with Gasteiger partial charge in [0.2, 0.25) is 5.95 Å². The van der Waals surface area contributed by atoms with Crippen molar-refractivity contribution in [2.75, 3.05) is 11.1 Å². The van der Waals surface area contributed by atoms with Gasteiger partial charge in [-0.2, -0.15) is 0 Å². The van der Waals surface area contributed by atoms with Gasteiger partial charge in [0, 0.05) is 11.8 Å². The monoisotopic (exact) mass is 366 g/mol. The number of carbonyl (C=O) groups excluding carboxylic acids is 1. The lowest BCUT2D eigenvalue weighted by molar-refractivity contribution is 0.102. The zero-order chi connectivity index (χ0) is 19.0. The van der Waals surface area contributed by atoms with Crippen molar-refractivity contribution >= 4 is 23.2 Å². The van der Waals surface area contributed by atoms with Crippen LogP contribution in [0.15, 0.2) is 55.0 Å². The van der Waals surface area contributed by atoms with E-state index in [9.17, 15) is 13.6 Å². The highest BCUT2D eigenvalue weighted by molar-refractivity contribution is 6.04. The number of benzene rings is 1. The van der Waals surface area contributed by atoms with Gasteiger partial charge in [0.15, 0.2) is 5.82 Å². The van der Waals surface area contributed by atoms with Crippen LogP contribution in [0.4, 0.5) is 20.4 Å². The van der Waals surface area contributed by atoms with Crippen LogP contribution in [-0.2, 0) is 0 Å². The molecule has 7 nitrogen and oxygen atoms in total. The standard InChI is InChI=1S/C18H12F2N6O/c19-11-3-1-10(2-4-11)17(27)24-12-5-6-15-22-8-14(26(15)9-12)16-13(20)7-23-18(21)25-16/h1-9H,(H,24,27)(H2,21,23,25). The molecule has 134 valence electrons. The Bertz CT molecular complexity index is 1160. The fourth-order valence-corrected chi connectivity index (χ4v) is 2.59. The van der Waals surface area contributed by atoms with Gasteiger partial charge in [-0.15, -0.1) is 0 Å². The Morgan fingerprint density at radius 1 is 1.04 bits per heavy atom. The number of anilines is 2. The van der Waals surface area contributed by atoms with E-state index in [-0.39, 0.29) is 11.6 Å². The average molecular weight is 366 g/mol. The quantitative estimate of drug-likeness (QED) is 0.581. The number of imidazole rings is 1. The van der Waals surface area contributed by atoms with Crippen molar-refractivity contribution in [3.8, 4) is 11.4 Å². The van der Waals surface area contributed by atoms with Crippen molar-refractivity contribution in [3.63, 3.8) is 0 Å². The molecule has 27 heavy (non-hydrogen) atoms. The lowest BCUT2D eigenvalue weighted by Gasteiger charge is -2.08. The Morgan fingerprint density at radius 3 is 2.59 bits per heavy atom. The largest absolute Gasteiger partial charge is 0.368 e. The summed E-state index contributed by atoms with van der Waals surface area (Å²) < 4.78 is 28.7. The minimum Gasteiger partial charge on any atom is -0.368 e. The Kier molecular flexibility index (Phi) is 3.96. The highest BCUT2D eigenvalue weighted by Crippen LogP contribution is 2.23. The Labute approximate surface area is 151 Å². The number of halogens is 2. The van der Waals surface area contributed by atoms with Crippen LogP contribution in [0.3, 0.4) is 0 Å². The number of carbonyl (C=O) groups is 1. The van der Waals surface area contributed by atoms with Gasteiger partial charge in [-0.3, -0.25) is 9.20 Å². The van der Waals surface area contributed by atoms with Gasteiger partial charge >= 0.3 is 0 Å². The van der Waals surface area contributed by atoms with Crippen molar-refractivity contribution in [2.24, 2.45) is 0 Å². The molecule has 0 aliphatic carbocycles. The molecular weight excluding hydrogens is 354 g/mol. The number of aromatic nitrogens is 4. The summed E-state index contributed by atoms with van der Waals surface area (Å²) in [5.41, 5.74) is 7.17. The molecule has 0 saturated carbocycles. The minimum atomic E-state index is -0.647. The van der Waals surface area contributed by atoms with Crippen LogP contribution in [0, 0.1) is 11.6 Å². The Morgan fingerprint density at radius 2 is 1.81 bits per heavy atom. The van der Waals surface area contributed by atoms with Crippen molar-refractivity contribution < 1.29 is 13.6 Å². The lowest BCUT2D eigenvalue weighted by atomic mass is 10.2. The fourth-order valence-electron chi connectivity index (χ4n) is 2.59. The van der Waals surface area contributed by atoms with Gasteiger partial charge in [-0.25, -0.2) is 23.7 Å². The summed E-state index contributed by atoms with van der Waals surface area (Å²) in [6.07, 6.45) is 4.01. The van der Waals surface area contributed by atoms with Crippen molar-refractivity contribution in [1.82, 2.24) is 19.4 Å². The zero-order valence-electron chi connectivity index (χ0n) is 13.7. The van der Waals surface area contributed by atoms with Crippen LogP contribution in [0.1, 0.15) is 10.4 Å². The first-order chi connectivity index (χ1) is 13.0. The van der Waals surface area contributed by atoms with E-state index >= 15 is 0 Å². The maximum Gasteiger partial charge on any atom is 0.255 e. The molecule has 0 bridgehead atoms. The highest BCUT2D eigenvalue weighted by Gasteiger charge is 2.14. The summed E-state index contributed by atoms with van der Waals surface area (Å²) in [5.74, 6) is -1.55. The molecule has 0 saturated heterocycles. The van der Waals surface area contributed by atoms with Gasteiger partial charge in [0.05, 0.1) is 23.8 Å². The van der Waals surface area contributed by atoms with E-state index in [1.165, 1.54) is 30.5 Å². The Balaban J connectivity index is 1.70. The number of nitrogen functional groups attached to an aromatic ring is 1. The van der Waals surface area contributed by atoms with Crippen molar-refractivity contribution in [2.45, 2.75) is 0 Å². The number of nitrogens with two attached hydrogens (primary N) is 1. The minimum absolute atomic E-state index is 0.00277. The molecule has 0 aliphatic rings. The molecule has 3 N–H and O–H groups in total. The fraction of sp³-hybridized carbons (Fsp3) is 0. The molecule has 0 atom stereocenters. The molecular formula is C18H12F2N6O. The summed E-state index contributed by atoms with van der Waals surface area (Å²) >= 11 is 0. The number of pyridine rings is 1. The van der Waals surface area contributed by atoms with E-state index < -0.39 is 17.5 Å². The molecule has 0 aliphatic heterocycles. The smallest absolute Gasteiger partial charge is 0.255 e. The second kappa shape index (κ2) is 6.45. The Hall–Kier alpha value is -3.88. The summed E-state index contributed by atoms with van der Waals surface area (Å²) in [5, 5.41) is 2.70. The van der Waals surface area contributed by atoms with Crippen LogP contribution in [0.2, 0.25) is 0 Å². The van der Waals surface area contributed by atoms with Gasteiger partial charge < -0.3 is 11.1 Å². The van der Waals surface area contributed by atoms with Crippen molar-refractivity contribution in [3.05, 3.63) is 72.2 Å². The van der Waals surface area contributed by atoms with Crippen LogP contribution in [0.25, 0.3) is 17.0 Å². The zero-order valence-corrected chi connectivity index (χ0v) is 13.7. The van der Waals surface area contributed by atoms with Crippen LogP contribution in [0.5, 0.6) is 0 Å². The second-order valence-corrected chi connectivity index (χ2v) is 5.68. The highest BCUT2D eigenvalue weighted by atomic mass is 19.1. The third-order valence-electron chi connectivity index (χ3n) is 3.88. The van der Waals surface area contributed by atoms with Crippen molar-refractivity contribution in [1.29, 1.82) is 0 Å². The van der Waals surface area contributed by atoms with E-state index in [0.29, 0.717) is 22.6 Å². The molecule has 0 radical (unpaired) electrons. The third-order valence-corrected chi connectivity index (χ3v) is 3.88. The number of hydrogen-bond acceptors (Lipinski definition) is 5. The van der Waals surface area contributed by atoms with Gasteiger partial charge in [0.25, 0.3) is 5.91 Å². The molecule has 4 rings (SSSR count). The number of amides is 1. The maximum absolute atomic E-state index is 14.1. The molecule has 0 unspecified atom stereocenters. The number of nitrogens with zero attached hydrogens (tertiary/aromatic N) is 4. The van der Waals surface area contributed by atoms with E-state index in [4.69, 9.17) is 5.73 Å². The molecule has 4 aromatic rings. The number of fused-ring (bicyclic) bond motifs is 1. The predicted molar refractivity (Wildman–Crippen MR) is 94.9 cm³/mol. The number of hydrogen-bond donors (Lipinski definition) is 2. The predicted octanol–water partition coefficient (Wildman–Crippen LogP) is 2.90. The SMILES string of the molecule is Nc1ncc(F)c(-c2cnc3ccc(NC(=O)c4ccc(F)cc4)cn23)n1. The topological polar surface area (TPSA) is 98.2 Å². The van der Waals surface area contributed by atoms with Crippen LogP contribution >= 0.6 is 0 Å². The van der Waals surface area contributed by atoms with E-state index in [1.54, 1.807) is 22.7 Å². The summed E-state index contributed by atoms with van der Waals surface area (Å²) in [7, 11) is 0.